The lowest BCUT2D eigenvalue weighted by Crippen LogP contribution is -2.59. The quantitative estimate of drug-likeness (QED) is 0.575. The highest BCUT2D eigenvalue weighted by Crippen LogP contribution is 2.64. The van der Waals surface area contributed by atoms with E-state index in [0.29, 0.717) is 28.5 Å². The van der Waals surface area contributed by atoms with Gasteiger partial charge in [-0.3, -0.25) is 14.3 Å². The molecule has 37 heavy (non-hydrogen) atoms. The fourth-order valence-electron chi connectivity index (χ4n) is 8.89. The SMILES string of the molecule is O=c1c(P(=O)(O)O)nc2ccccc2n1C1C[C@H]2CCC[C@@H](C1)N2CC[C@@H]1CC[C@H]2C[C@@H]1C21CN=NC1. The van der Waals surface area contributed by atoms with E-state index in [2.05, 4.69) is 20.1 Å². The third-order valence-electron chi connectivity index (χ3n) is 10.7. The Morgan fingerprint density at radius 2 is 1.70 bits per heavy atom. The molecule has 0 radical (unpaired) electrons. The molecule has 2 N–H and O–H groups in total. The molecule has 4 heterocycles. The van der Waals surface area contributed by atoms with Crippen LogP contribution in [0, 0.1) is 23.2 Å². The highest BCUT2D eigenvalue weighted by Gasteiger charge is 2.60. The van der Waals surface area contributed by atoms with E-state index in [0.717, 1.165) is 63.1 Å². The Kier molecular flexibility index (Phi) is 5.74. The minimum absolute atomic E-state index is 0.0793. The molecule has 10 heteroatoms. The average molecular weight is 526 g/mol. The molecule has 6 atom stereocenters. The average Bonchev–Trinajstić information content (AvgIpc) is 3.39. The number of piperidine rings is 2. The zero-order chi connectivity index (χ0) is 25.4. The van der Waals surface area contributed by atoms with Gasteiger partial charge in [-0.25, -0.2) is 4.98 Å². The predicted molar refractivity (Wildman–Crippen MR) is 140 cm³/mol. The van der Waals surface area contributed by atoms with Gasteiger partial charge >= 0.3 is 7.60 Å². The van der Waals surface area contributed by atoms with Crippen LogP contribution in [0.2, 0.25) is 0 Å². The second kappa shape index (κ2) is 8.80. The van der Waals surface area contributed by atoms with E-state index in [1.807, 2.05) is 12.1 Å². The predicted octanol–water partition coefficient (Wildman–Crippen LogP) is 3.65. The molecule has 5 fully saturated rings. The van der Waals surface area contributed by atoms with Gasteiger partial charge in [-0.05, 0) is 87.8 Å². The minimum atomic E-state index is -4.78. The highest BCUT2D eigenvalue weighted by molar-refractivity contribution is 7.59. The van der Waals surface area contributed by atoms with Crippen molar-refractivity contribution in [3.8, 4) is 0 Å². The van der Waals surface area contributed by atoms with E-state index in [1.165, 1.54) is 32.1 Å². The highest BCUT2D eigenvalue weighted by atomic mass is 31.2. The Hall–Kier alpha value is -1.93. The topological polar surface area (TPSA) is 120 Å². The normalized spacial score (nSPS) is 34.6. The van der Waals surface area contributed by atoms with Crippen molar-refractivity contribution in [1.29, 1.82) is 0 Å². The minimum Gasteiger partial charge on any atom is -0.320 e. The number of fused-ring (bicyclic) bond motifs is 5. The van der Waals surface area contributed by atoms with Gasteiger partial charge in [0, 0.05) is 23.5 Å². The number of nitrogens with zero attached hydrogens (tertiary/aromatic N) is 5. The third kappa shape index (κ3) is 3.80. The number of aromatic nitrogens is 2. The number of para-hydroxylation sites is 2. The largest absolute Gasteiger partial charge is 0.380 e. The van der Waals surface area contributed by atoms with E-state index in [-0.39, 0.29) is 6.04 Å². The van der Waals surface area contributed by atoms with Crippen molar-refractivity contribution in [3.05, 3.63) is 34.6 Å². The Labute approximate surface area is 216 Å². The molecule has 1 unspecified atom stereocenters. The van der Waals surface area contributed by atoms with Crippen LogP contribution in [0.5, 0.6) is 0 Å². The summed E-state index contributed by atoms with van der Waals surface area (Å²) in [5, 5.41) is 8.79. The van der Waals surface area contributed by atoms with Gasteiger partial charge in [0.05, 0.1) is 24.1 Å². The van der Waals surface area contributed by atoms with Crippen molar-refractivity contribution >= 4 is 24.1 Å². The zero-order valence-electron chi connectivity index (χ0n) is 21.2. The summed E-state index contributed by atoms with van der Waals surface area (Å²) < 4.78 is 13.8. The molecule has 9 nitrogen and oxygen atoms in total. The molecule has 2 saturated heterocycles. The molecule has 8 rings (SSSR count). The first-order chi connectivity index (χ1) is 17.8. The molecule has 1 spiro atoms. The molecule has 2 aromatic rings. The molecule has 3 aliphatic heterocycles. The molecule has 1 aromatic carbocycles. The van der Waals surface area contributed by atoms with E-state index >= 15 is 0 Å². The van der Waals surface area contributed by atoms with Crippen LogP contribution < -0.4 is 11.0 Å². The van der Waals surface area contributed by atoms with Crippen LogP contribution in [0.25, 0.3) is 11.0 Å². The first kappa shape index (κ1) is 24.1. The number of azo groups is 1. The van der Waals surface area contributed by atoms with Crippen molar-refractivity contribution < 1.29 is 14.4 Å². The van der Waals surface area contributed by atoms with Crippen LogP contribution in [0.15, 0.2) is 39.3 Å². The first-order valence-electron chi connectivity index (χ1n) is 14.0. The monoisotopic (exact) mass is 525 g/mol. The molecule has 3 saturated carbocycles. The molecule has 1 aromatic heterocycles. The van der Waals surface area contributed by atoms with Crippen LogP contribution in [0.4, 0.5) is 0 Å². The van der Waals surface area contributed by atoms with Gasteiger partial charge in [-0.15, -0.1) is 0 Å². The van der Waals surface area contributed by atoms with Crippen molar-refractivity contribution in [1.82, 2.24) is 14.5 Å². The Morgan fingerprint density at radius 1 is 0.973 bits per heavy atom. The van der Waals surface area contributed by atoms with E-state index in [4.69, 9.17) is 0 Å². The lowest BCUT2D eigenvalue weighted by molar-refractivity contribution is -0.114. The van der Waals surface area contributed by atoms with Gasteiger partial charge in [0.1, 0.15) is 0 Å². The molecule has 0 amide bonds. The fourth-order valence-corrected chi connectivity index (χ4v) is 9.48. The van der Waals surface area contributed by atoms with Crippen molar-refractivity contribution in [3.63, 3.8) is 0 Å². The standard InChI is InChI=1S/C27H36N5O4P/c33-26-25(37(34,35)36)30-23-6-1-2-7-24(23)32(26)21-13-19-4-3-5-20(14-21)31(19)11-10-17-8-9-18-12-22(17)27(18)15-28-29-16-27/h1-2,6-7,17-22H,3-5,8-16H2,(H2,34,35,36)/t17-,18-,19-,20+,21?,22-/m0/s1. The summed E-state index contributed by atoms with van der Waals surface area (Å²) in [7, 11) is -4.78. The second-order valence-corrected chi connectivity index (χ2v) is 13.8. The lowest BCUT2D eigenvalue weighted by atomic mass is 9.44. The summed E-state index contributed by atoms with van der Waals surface area (Å²) in [6.45, 7) is 3.00. The van der Waals surface area contributed by atoms with Gasteiger partial charge in [0.2, 0.25) is 5.44 Å². The van der Waals surface area contributed by atoms with Gasteiger partial charge in [0.25, 0.3) is 5.56 Å². The number of rotatable bonds is 5. The molecular formula is C27H36N5O4P. The lowest BCUT2D eigenvalue weighted by Gasteiger charge is -2.61. The van der Waals surface area contributed by atoms with E-state index in [9.17, 15) is 19.1 Å². The van der Waals surface area contributed by atoms with Crippen LogP contribution in [0.3, 0.4) is 0 Å². The maximum atomic E-state index is 13.4. The van der Waals surface area contributed by atoms with Crippen molar-refractivity contribution in [2.24, 2.45) is 33.4 Å². The maximum absolute atomic E-state index is 13.4. The number of hydrogen-bond acceptors (Lipinski definition) is 6. The summed E-state index contributed by atoms with van der Waals surface area (Å²) in [5.74, 6) is 2.39. The maximum Gasteiger partial charge on any atom is 0.380 e. The Bertz CT molecular complexity index is 1330. The van der Waals surface area contributed by atoms with E-state index < -0.39 is 18.6 Å². The Balaban J connectivity index is 1.13. The van der Waals surface area contributed by atoms with Crippen LogP contribution in [0.1, 0.15) is 63.8 Å². The van der Waals surface area contributed by atoms with Crippen LogP contribution in [-0.2, 0) is 4.57 Å². The molecule has 4 bridgehead atoms. The van der Waals surface area contributed by atoms with Gasteiger partial charge in [-0.1, -0.05) is 18.6 Å². The summed E-state index contributed by atoms with van der Waals surface area (Å²) >= 11 is 0. The molecule has 6 aliphatic rings. The summed E-state index contributed by atoms with van der Waals surface area (Å²) in [6, 6.07) is 7.95. The van der Waals surface area contributed by atoms with Gasteiger partial charge < -0.3 is 14.4 Å². The molecule has 198 valence electrons. The van der Waals surface area contributed by atoms with Crippen molar-refractivity contribution in [2.75, 3.05) is 19.6 Å². The third-order valence-corrected chi connectivity index (χ3v) is 11.5. The molecule has 3 aliphatic carbocycles. The summed E-state index contributed by atoms with van der Waals surface area (Å²) in [4.78, 5) is 39.9. The summed E-state index contributed by atoms with van der Waals surface area (Å²) in [6.07, 6.45) is 10.4. The Morgan fingerprint density at radius 3 is 2.41 bits per heavy atom. The first-order valence-corrected chi connectivity index (χ1v) is 15.6. The zero-order valence-corrected chi connectivity index (χ0v) is 22.0. The van der Waals surface area contributed by atoms with Gasteiger partial charge in [-0.2, -0.15) is 10.2 Å². The second-order valence-electron chi connectivity index (χ2n) is 12.2. The van der Waals surface area contributed by atoms with Crippen molar-refractivity contribution in [2.45, 2.75) is 75.9 Å². The van der Waals surface area contributed by atoms with E-state index in [1.54, 1.807) is 16.7 Å². The molecular weight excluding hydrogens is 489 g/mol. The fraction of sp³-hybridized carbons (Fsp3) is 0.704. The van der Waals surface area contributed by atoms with Crippen LogP contribution in [-0.4, -0.2) is 56.0 Å². The number of benzene rings is 1. The smallest absolute Gasteiger partial charge is 0.320 e. The van der Waals surface area contributed by atoms with Crippen LogP contribution >= 0.6 is 7.60 Å². The van der Waals surface area contributed by atoms with Gasteiger partial charge in [0.15, 0.2) is 0 Å². The summed E-state index contributed by atoms with van der Waals surface area (Å²) in [5.41, 5.74) is 0.243. The number of hydrogen-bond donors (Lipinski definition) is 2.